The second-order valence-corrected chi connectivity index (χ2v) is 6.66. The number of anilines is 1. The first kappa shape index (κ1) is 13.9. The van der Waals surface area contributed by atoms with Crippen LogP contribution in [-0.2, 0) is 7.05 Å². The Kier molecular flexibility index (Phi) is 3.71. The van der Waals surface area contributed by atoms with Crippen LogP contribution in [0.3, 0.4) is 0 Å². The molecule has 2 N–H and O–H groups in total. The van der Waals surface area contributed by atoms with E-state index in [1.807, 2.05) is 18.7 Å². The largest absolute Gasteiger partial charge is 0.389 e. The standard InChI is InChI=1S/C15H24N4S/c1-10-13(14(16)20)15(18(2)17-10)19-9-5-8-12(19)11-6-3-4-7-11/h11-12H,3-9H2,1-2H3,(H2,16,20). The van der Waals surface area contributed by atoms with Gasteiger partial charge in [0, 0.05) is 19.6 Å². The van der Waals surface area contributed by atoms with E-state index in [-0.39, 0.29) is 0 Å². The van der Waals surface area contributed by atoms with E-state index < -0.39 is 0 Å². The van der Waals surface area contributed by atoms with Crippen molar-refractivity contribution in [1.29, 1.82) is 0 Å². The zero-order valence-corrected chi connectivity index (χ0v) is 13.2. The molecule has 5 heteroatoms. The molecule has 1 aliphatic heterocycles. The fourth-order valence-corrected chi connectivity index (χ4v) is 4.39. The molecular weight excluding hydrogens is 268 g/mol. The number of rotatable bonds is 3. The minimum atomic E-state index is 0.475. The maximum absolute atomic E-state index is 5.95. The van der Waals surface area contributed by atoms with Gasteiger partial charge >= 0.3 is 0 Å². The zero-order chi connectivity index (χ0) is 14.3. The third kappa shape index (κ3) is 2.22. The molecule has 0 radical (unpaired) electrons. The van der Waals surface area contributed by atoms with Gasteiger partial charge in [-0.15, -0.1) is 0 Å². The maximum atomic E-state index is 5.95. The highest BCUT2D eigenvalue weighted by Gasteiger charge is 2.36. The summed E-state index contributed by atoms with van der Waals surface area (Å²) in [5.74, 6) is 1.98. The Morgan fingerprint density at radius 1 is 1.25 bits per heavy atom. The SMILES string of the molecule is Cc1nn(C)c(N2CCCC2C2CCCC2)c1C(N)=S. The van der Waals surface area contributed by atoms with E-state index in [0.717, 1.165) is 29.5 Å². The van der Waals surface area contributed by atoms with Gasteiger partial charge in [0.2, 0.25) is 0 Å². The Morgan fingerprint density at radius 2 is 1.95 bits per heavy atom. The quantitative estimate of drug-likeness (QED) is 0.870. The van der Waals surface area contributed by atoms with Crippen molar-refractivity contribution in [3.8, 4) is 0 Å². The Balaban J connectivity index is 1.97. The van der Waals surface area contributed by atoms with Crippen LogP contribution < -0.4 is 10.6 Å². The van der Waals surface area contributed by atoms with E-state index in [1.54, 1.807) is 0 Å². The highest BCUT2D eigenvalue weighted by atomic mass is 32.1. The topological polar surface area (TPSA) is 47.1 Å². The summed E-state index contributed by atoms with van der Waals surface area (Å²) in [5.41, 5.74) is 7.88. The number of aromatic nitrogens is 2. The highest BCUT2D eigenvalue weighted by Crippen LogP contribution is 2.39. The van der Waals surface area contributed by atoms with E-state index >= 15 is 0 Å². The van der Waals surface area contributed by atoms with Gasteiger partial charge in [-0.2, -0.15) is 5.10 Å². The fraction of sp³-hybridized carbons (Fsp3) is 0.733. The molecule has 0 amide bonds. The number of hydrogen-bond donors (Lipinski definition) is 1. The molecule has 0 aromatic carbocycles. The molecule has 1 aliphatic carbocycles. The van der Waals surface area contributed by atoms with Gasteiger partial charge in [-0.05, 0) is 38.5 Å². The van der Waals surface area contributed by atoms with Crippen molar-refractivity contribution in [3.05, 3.63) is 11.3 Å². The molecule has 1 aromatic rings. The average molecular weight is 292 g/mol. The summed E-state index contributed by atoms with van der Waals surface area (Å²) in [6.07, 6.45) is 8.10. The first-order valence-corrected chi connectivity index (χ1v) is 8.10. The fourth-order valence-electron chi connectivity index (χ4n) is 4.15. The molecular formula is C15H24N4S. The van der Waals surface area contributed by atoms with E-state index in [0.29, 0.717) is 11.0 Å². The third-order valence-electron chi connectivity index (χ3n) is 4.95. The lowest BCUT2D eigenvalue weighted by Crippen LogP contribution is -2.37. The van der Waals surface area contributed by atoms with Gasteiger partial charge in [0.05, 0.1) is 11.3 Å². The van der Waals surface area contributed by atoms with Gasteiger partial charge < -0.3 is 10.6 Å². The molecule has 1 saturated carbocycles. The smallest absolute Gasteiger partial charge is 0.137 e. The third-order valence-corrected chi connectivity index (χ3v) is 5.16. The molecule has 1 aromatic heterocycles. The molecule has 20 heavy (non-hydrogen) atoms. The molecule has 0 spiro atoms. The van der Waals surface area contributed by atoms with Gasteiger partial charge in [-0.25, -0.2) is 0 Å². The van der Waals surface area contributed by atoms with Gasteiger partial charge in [0.25, 0.3) is 0 Å². The van der Waals surface area contributed by atoms with Crippen LogP contribution in [-0.4, -0.2) is 27.4 Å². The molecule has 110 valence electrons. The lowest BCUT2D eigenvalue weighted by Gasteiger charge is -2.31. The average Bonchev–Trinajstić information content (AvgIpc) is 3.06. The van der Waals surface area contributed by atoms with E-state index in [4.69, 9.17) is 18.0 Å². The van der Waals surface area contributed by atoms with Crippen LogP contribution in [0.5, 0.6) is 0 Å². The Hall–Kier alpha value is -1.10. The predicted octanol–water partition coefficient (Wildman–Crippen LogP) is 2.52. The Labute approximate surface area is 126 Å². The Bertz CT molecular complexity index is 516. The van der Waals surface area contributed by atoms with Crippen molar-refractivity contribution >= 4 is 23.0 Å². The normalized spacial score (nSPS) is 23.7. The first-order chi connectivity index (χ1) is 9.59. The lowest BCUT2D eigenvalue weighted by molar-refractivity contribution is 0.426. The molecule has 1 unspecified atom stereocenters. The summed E-state index contributed by atoms with van der Waals surface area (Å²) >= 11 is 5.26. The summed E-state index contributed by atoms with van der Waals surface area (Å²) in [5, 5.41) is 4.55. The first-order valence-electron chi connectivity index (χ1n) is 7.69. The molecule has 2 fully saturated rings. The van der Waals surface area contributed by atoms with Crippen molar-refractivity contribution in [2.24, 2.45) is 18.7 Å². The lowest BCUT2D eigenvalue weighted by atomic mass is 9.96. The predicted molar refractivity (Wildman–Crippen MR) is 86.2 cm³/mol. The van der Waals surface area contributed by atoms with Crippen molar-refractivity contribution in [2.75, 3.05) is 11.4 Å². The summed E-state index contributed by atoms with van der Waals surface area (Å²) in [6, 6.07) is 0.653. The van der Waals surface area contributed by atoms with E-state index in [2.05, 4.69) is 10.00 Å². The van der Waals surface area contributed by atoms with Crippen LogP contribution in [0.1, 0.15) is 49.8 Å². The molecule has 3 rings (SSSR count). The van der Waals surface area contributed by atoms with Crippen LogP contribution in [0.25, 0.3) is 0 Å². The van der Waals surface area contributed by atoms with Crippen molar-refractivity contribution < 1.29 is 0 Å². The van der Waals surface area contributed by atoms with Crippen molar-refractivity contribution in [1.82, 2.24) is 9.78 Å². The minimum absolute atomic E-state index is 0.475. The van der Waals surface area contributed by atoms with E-state index in [9.17, 15) is 0 Å². The number of hydrogen-bond acceptors (Lipinski definition) is 3. The maximum Gasteiger partial charge on any atom is 0.137 e. The van der Waals surface area contributed by atoms with E-state index in [1.165, 1.54) is 38.5 Å². The Morgan fingerprint density at radius 3 is 2.60 bits per heavy atom. The van der Waals surface area contributed by atoms with Gasteiger partial charge in [-0.3, -0.25) is 4.68 Å². The number of nitrogens with zero attached hydrogens (tertiary/aromatic N) is 3. The summed E-state index contributed by atoms with van der Waals surface area (Å²) < 4.78 is 1.97. The zero-order valence-electron chi connectivity index (χ0n) is 12.4. The van der Waals surface area contributed by atoms with Crippen molar-refractivity contribution in [2.45, 2.75) is 51.5 Å². The molecule has 4 nitrogen and oxygen atoms in total. The van der Waals surface area contributed by atoms with Gasteiger partial charge in [-0.1, -0.05) is 25.1 Å². The number of aryl methyl sites for hydroxylation is 2. The van der Waals surface area contributed by atoms with Crippen LogP contribution in [0.2, 0.25) is 0 Å². The van der Waals surface area contributed by atoms with Crippen LogP contribution >= 0.6 is 12.2 Å². The monoisotopic (exact) mass is 292 g/mol. The van der Waals surface area contributed by atoms with Gasteiger partial charge in [0.15, 0.2) is 0 Å². The van der Waals surface area contributed by atoms with Gasteiger partial charge in [0.1, 0.15) is 10.8 Å². The summed E-state index contributed by atoms with van der Waals surface area (Å²) in [7, 11) is 2.01. The second kappa shape index (κ2) is 5.35. The minimum Gasteiger partial charge on any atom is -0.389 e. The van der Waals surface area contributed by atoms with Crippen LogP contribution in [0.15, 0.2) is 0 Å². The highest BCUT2D eigenvalue weighted by molar-refractivity contribution is 7.80. The summed E-state index contributed by atoms with van der Waals surface area (Å²) in [4.78, 5) is 3.01. The molecule has 2 aliphatic rings. The number of thiocarbonyl (C=S) groups is 1. The van der Waals surface area contributed by atoms with Crippen LogP contribution in [0, 0.1) is 12.8 Å². The summed E-state index contributed by atoms with van der Waals surface area (Å²) in [6.45, 7) is 3.11. The second-order valence-electron chi connectivity index (χ2n) is 6.22. The molecule has 2 heterocycles. The molecule has 0 bridgehead atoms. The van der Waals surface area contributed by atoms with Crippen molar-refractivity contribution in [3.63, 3.8) is 0 Å². The van der Waals surface area contributed by atoms with Crippen LogP contribution in [0.4, 0.5) is 5.82 Å². The molecule has 1 saturated heterocycles. The number of nitrogens with two attached hydrogens (primary N) is 1. The molecule has 1 atom stereocenters.